The van der Waals surface area contributed by atoms with Gasteiger partial charge in [-0.2, -0.15) is 0 Å². The van der Waals surface area contributed by atoms with E-state index in [1.807, 2.05) is 19.1 Å². The zero-order valence-electron chi connectivity index (χ0n) is 8.81. The van der Waals surface area contributed by atoms with Crippen molar-refractivity contribution in [3.05, 3.63) is 41.4 Å². The van der Waals surface area contributed by atoms with E-state index in [2.05, 4.69) is 4.98 Å². The number of hydrogen-bond acceptors (Lipinski definition) is 3. The highest BCUT2D eigenvalue weighted by Gasteiger charge is 2.18. The van der Waals surface area contributed by atoms with Crippen LogP contribution in [0.5, 0.6) is 0 Å². The van der Waals surface area contributed by atoms with Crippen LogP contribution in [0, 0.1) is 6.92 Å². The highest BCUT2D eigenvalue weighted by atomic mass is 16.5. The van der Waals surface area contributed by atoms with Gasteiger partial charge in [0.1, 0.15) is 6.10 Å². The lowest BCUT2D eigenvalue weighted by molar-refractivity contribution is 0.167. The molecule has 0 aromatic carbocycles. The molecular weight excluding hydrogens is 190 g/mol. The molecule has 15 heavy (non-hydrogen) atoms. The van der Waals surface area contributed by atoms with Gasteiger partial charge < -0.3 is 9.84 Å². The summed E-state index contributed by atoms with van der Waals surface area (Å²) in [6.07, 6.45) is 4.61. The minimum Gasteiger partial charge on any atom is -0.501 e. The van der Waals surface area contributed by atoms with Gasteiger partial charge in [-0.1, -0.05) is 6.07 Å². The third kappa shape index (κ3) is 2.18. The molecule has 0 saturated heterocycles. The summed E-state index contributed by atoms with van der Waals surface area (Å²) in [5, 5.41) is 10.1. The fourth-order valence-corrected chi connectivity index (χ4v) is 1.75. The number of aryl methyl sites for hydroxylation is 1. The van der Waals surface area contributed by atoms with Gasteiger partial charge in [0.2, 0.25) is 0 Å². The van der Waals surface area contributed by atoms with Crippen LogP contribution in [-0.2, 0) is 4.74 Å². The summed E-state index contributed by atoms with van der Waals surface area (Å²) < 4.78 is 5.21. The van der Waals surface area contributed by atoms with E-state index in [9.17, 15) is 5.11 Å². The average molecular weight is 205 g/mol. The maximum Gasteiger partial charge on any atom is 0.120 e. The van der Waals surface area contributed by atoms with Crippen molar-refractivity contribution < 1.29 is 9.84 Å². The molecule has 2 rings (SSSR count). The van der Waals surface area contributed by atoms with E-state index in [0.29, 0.717) is 0 Å². The fourth-order valence-electron chi connectivity index (χ4n) is 1.75. The molecule has 1 unspecified atom stereocenters. The van der Waals surface area contributed by atoms with E-state index in [4.69, 9.17) is 4.74 Å². The Balaban J connectivity index is 2.23. The first-order chi connectivity index (χ1) is 7.29. The molecule has 80 valence electrons. The van der Waals surface area contributed by atoms with Crippen LogP contribution in [0.4, 0.5) is 0 Å². The predicted octanol–water partition coefficient (Wildman–Crippen LogP) is 2.12. The lowest BCUT2D eigenvalue weighted by Crippen LogP contribution is -2.10. The normalized spacial score (nSPS) is 17.9. The van der Waals surface area contributed by atoms with Crippen LogP contribution in [0.3, 0.4) is 0 Å². The van der Waals surface area contributed by atoms with Crippen LogP contribution in [-0.4, -0.2) is 16.7 Å². The van der Waals surface area contributed by atoms with Crippen molar-refractivity contribution in [3.8, 4) is 0 Å². The van der Waals surface area contributed by atoms with Crippen molar-refractivity contribution in [1.82, 2.24) is 4.98 Å². The van der Waals surface area contributed by atoms with Gasteiger partial charge in [-0.15, -0.1) is 0 Å². The summed E-state index contributed by atoms with van der Waals surface area (Å²) in [6.45, 7) is 2.70. The number of aromatic nitrogens is 1. The lowest BCUT2D eigenvalue weighted by atomic mass is 9.99. The number of ether oxygens (including phenoxy) is 1. The maximum atomic E-state index is 10.1. The van der Waals surface area contributed by atoms with Gasteiger partial charge in [0.25, 0.3) is 0 Å². The Morgan fingerprint density at radius 3 is 3.07 bits per heavy atom. The second kappa shape index (κ2) is 4.45. The van der Waals surface area contributed by atoms with E-state index >= 15 is 0 Å². The quantitative estimate of drug-likeness (QED) is 0.804. The third-order valence-corrected chi connectivity index (χ3v) is 2.62. The van der Waals surface area contributed by atoms with Gasteiger partial charge in [-0.05, 0) is 37.0 Å². The third-order valence-electron chi connectivity index (χ3n) is 2.62. The minimum absolute atomic E-state index is 0.619. The van der Waals surface area contributed by atoms with E-state index in [-0.39, 0.29) is 0 Å². The molecule has 1 aliphatic rings. The van der Waals surface area contributed by atoms with Gasteiger partial charge in [0, 0.05) is 6.20 Å². The highest BCUT2D eigenvalue weighted by molar-refractivity contribution is 5.26. The van der Waals surface area contributed by atoms with E-state index < -0.39 is 6.10 Å². The number of hydrogen-bond donors (Lipinski definition) is 1. The SMILES string of the molecule is Cc1cccnc1C(O)C1=COCCC1. The van der Waals surface area contributed by atoms with Gasteiger partial charge in [-0.3, -0.25) is 4.98 Å². The predicted molar refractivity (Wildman–Crippen MR) is 57.2 cm³/mol. The monoisotopic (exact) mass is 205 g/mol. The molecule has 0 amide bonds. The Morgan fingerprint density at radius 1 is 1.53 bits per heavy atom. The van der Waals surface area contributed by atoms with Crippen molar-refractivity contribution >= 4 is 0 Å². The number of aliphatic hydroxyl groups is 1. The molecule has 2 heterocycles. The summed E-state index contributed by atoms with van der Waals surface area (Å²) >= 11 is 0. The van der Waals surface area contributed by atoms with E-state index in [1.54, 1.807) is 12.5 Å². The average Bonchev–Trinajstić information content (AvgIpc) is 2.30. The van der Waals surface area contributed by atoms with Crippen LogP contribution < -0.4 is 0 Å². The maximum absolute atomic E-state index is 10.1. The first kappa shape index (κ1) is 10.2. The molecule has 0 spiro atoms. The summed E-state index contributed by atoms with van der Waals surface area (Å²) in [5.41, 5.74) is 2.66. The second-order valence-corrected chi connectivity index (χ2v) is 3.78. The lowest BCUT2D eigenvalue weighted by Gasteiger charge is -2.19. The van der Waals surface area contributed by atoms with Crippen LogP contribution >= 0.6 is 0 Å². The Bertz CT molecular complexity index is 374. The Hall–Kier alpha value is -1.35. The smallest absolute Gasteiger partial charge is 0.120 e. The van der Waals surface area contributed by atoms with Gasteiger partial charge in [0.15, 0.2) is 0 Å². The topological polar surface area (TPSA) is 42.4 Å². The van der Waals surface area contributed by atoms with Crippen molar-refractivity contribution in [2.24, 2.45) is 0 Å². The van der Waals surface area contributed by atoms with Crippen molar-refractivity contribution in [2.75, 3.05) is 6.61 Å². The molecular formula is C12H15NO2. The van der Waals surface area contributed by atoms with Gasteiger partial charge >= 0.3 is 0 Å². The summed E-state index contributed by atoms with van der Waals surface area (Å²) in [4.78, 5) is 4.21. The first-order valence-corrected chi connectivity index (χ1v) is 5.19. The second-order valence-electron chi connectivity index (χ2n) is 3.78. The number of rotatable bonds is 2. The molecule has 1 atom stereocenters. The van der Waals surface area contributed by atoms with Crippen LogP contribution in [0.15, 0.2) is 30.2 Å². The summed E-state index contributed by atoms with van der Waals surface area (Å²) in [5.74, 6) is 0. The molecule has 0 saturated carbocycles. The van der Waals surface area contributed by atoms with Crippen molar-refractivity contribution in [2.45, 2.75) is 25.9 Å². The highest BCUT2D eigenvalue weighted by Crippen LogP contribution is 2.27. The first-order valence-electron chi connectivity index (χ1n) is 5.19. The molecule has 1 aromatic heterocycles. The number of pyridine rings is 1. The Labute approximate surface area is 89.4 Å². The zero-order chi connectivity index (χ0) is 10.7. The number of aliphatic hydroxyl groups excluding tert-OH is 1. The molecule has 1 aliphatic heterocycles. The Kier molecular flexibility index (Phi) is 3.02. The van der Waals surface area contributed by atoms with Crippen molar-refractivity contribution in [1.29, 1.82) is 0 Å². The summed E-state index contributed by atoms with van der Waals surface area (Å²) in [7, 11) is 0. The molecule has 0 aliphatic carbocycles. The minimum atomic E-state index is -0.619. The molecule has 0 fully saturated rings. The van der Waals surface area contributed by atoms with Gasteiger partial charge in [-0.25, -0.2) is 0 Å². The van der Waals surface area contributed by atoms with E-state index in [1.165, 1.54) is 0 Å². The van der Waals surface area contributed by atoms with Crippen molar-refractivity contribution in [3.63, 3.8) is 0 Å². The molecule has 0 radical (unpaired) electrons. The molecule has 3 heteroatoms. The molecule has 0 bridgehead atoms. The molecule has 1 aromatic rings. The molecule has 1 N–H and O–H groups in total. The van der Waals surface area contributed by atoms with Gasteiger partial charge in [0.05, 0.1) is 18.6 Å². The van der Waals surface area contributed by atoms with Crippen LogP contribution in [0.25, 0.3) is 0 Å². The zero-order valence-corrected chi connectivity index (χ0v) is 8.81. The summed E-state index contributed by atoms with van der Waals surface area (Å²) in [6, 6.07) is 3.83. The van der Waals surface area contributed by atoms with Crippen LogP contribution in [0.2, 0.25) is 0 Å². The largest absolute Gasteiger partial charge is 0.501 e. The fraction of sp³-hybridized carbons (Fsp3) is 0.417. The Morgan fingerprint density at radius 2 is 2.40 bits per heavy atom. The van der Waals surface area contributed by atoms with E-state index in [0.717, 1.165) is 36.3 Å². The van der Waals surface area contributed by atoms with Crippen LogP contribution in [0.1, 0.15) is 30.2 Å². The standard InChI is InChI=1S/C12H15NO2/c1-9-4-2-6-13-11(9)12(14)10-5-3-7-15-8-10/h2,4,6,8,12,14H,3,5,7H2,1H3. The number of nitrogens with zero attached hydrogens (tertiary/aromatic N) is 1. The molecule has 3 nitrogen and oxygen atoms in total.